The van der Waals surface area contributed by atoms with Crippen molar-refractivity contribution in [2.45, 2.75) is 19.6 Å². The van der Waals surface area contributed by atoms with Gasteiger partial charge in [-0.1, -0.05) is 6.92 Å². The molecule has 3 nitrogen and oxygen atoms in total. The van der Waals surface area contributed by atoms with E-state index in [1.165, 1.54) is 11.2 Å². The fraction of sp³-hybridized carbons (Fsp3) is 0.833. The molecule has 0 aliphatic carbocycles. The third-order valence-electron chi connectivity index (χ3n) is 1.10. The molecule has 53 valence electrons. The van der Waals surface area contributed by atoms with Gasteiger partial charge in [-0.2, -0.15) is 0 Å². The zero-order valence-corrected chi connectivity index (χ0v) is 5.79. The maximum atomic E-state index is 9.80. The molecule has 0 amide bonds. The Morgan fingerprint density at radius 1 is 1.78 bits per heavy atom. The maximum absolute atomic E-state index is 9.80. The minimum absolute atomic E-state index is 0.719. The van der Waals surface area contributed by atoms with Crippen LogP contribution in [-0.2, 0) is 4.79 Å². The largest absolute Gasteiger partial charge is 0.371 e. The highest BCUT2D eigenvalue weighted by Crippen LogP contribution is 1.89. The standard InChI is InChI=1S/C6H12NO2/c1-3-4-7(2)6(9)5-8/h6,9H,3-4H2,1-2H3. The Morgan fingerprint density at radius 3 is 2.67 bits per heavy atom. The van der Waals surface area contributed by atoms with E-state index < -0.39 is 6.23 Å². The van der Waals surface area contributed by atoms with Crippen LogP contribution >= 0.6 is 0 Å². The smallest absolute Gasteiger partial charge is 0.246 e. The van der Waals surface area contributed by atoms with E-state index in [2.05, 4.69) is 0 Å². The van der Waals surface area contributed by atoms with E-state index in [1.54, 1.807) is 7.05 Å². The summed E-state index contributed by atoms with van der Waals surface area (Å²) in [6.45, 7) is 2.70. The van der Waals surface area contributed by atoms with Gasteiger partial charge >= 0.3 is 0 Å². The number of rotatable bonds is 4. The Balaban J connectivity index is 3.44. The number of nitrogens with zero attached hydrogens (tertiary/aromatic N) is 1. The summed E-state index contributed by atoms with van der Waals surface area (Å²) in [5, 5.41) is 8.76. The minimum atomic E-state index is -1.05. The number of carbonyl (C=O) groups excluding carboxylic acids is 1. The van der Waals surface area contributed by atoms with Crippen molar-refractivity contribution in [3.8, 4) is 0 Å². The first-order valence-electron chi connectivity index (χ1n) is 2.98. The molecule has 1 atom stereocenters. The summed E-state index contributed by atoms with van der Waals surface area (Å²) >= 11 is 0. The van der Waals surface area contributed by atoms with Crippen LogP contribution in [0.3, 0.4) is 0 Å². The Kier molecular flexibility index (Phi) is 4.26. The first-order chi connectivity index (χ1) is 4.22. The molecule has 3 heteroatoms. The molecule has 0 fully saturated rings. The molecule has 0 rings (SSSR count). The van der Waals surface area contributed by atoms with E-state index in [1.807, 2.05) is 6.92 Å². The van der Waals surface area contributed by atoms with Gasteiger partial charge < -0.3 is 5.11 Å². The third kappa shape index (κ3) is 3.21. The van der Waals surface area contributed by atoms with Gasteiger partial charge in [-0.15, -0.1) is 0 Å². The molecule has 1 N–H and O–H groups in total. The third-order valence-corrected chi connectivity index (χ3v) is 1.10. The number of hydrogen-bond acceptors (Lipinski definition) is 3. The van der Waals surface area contributed by atoms with E-state index in [0.29, 0.717) is 0 Å². The van der Waals surface area contributed by atoms with E-state index in [9.17, 15) is 4.79 Å². The van der Waals surface area contributed by atoms with Crippen molar-refractivity contribution in [2.24, 2.45) is 0 Å². The molecule has 0 spiro atoms. The molecule has 1 radical (unpaired) electrons. The number of hydrogen-bond donors (Lipinski definition) is 1. The summed E-state index contributed by atoms with van der Waals surface area (Å²) in [4.78, 5) is 11.3. The van der Waals surface area contributed by atoms with E-state index in [-0.39, 0.29) is 0 Å². The van der Waals surface area contributed by atoms with Gasteiger partial charge in [0.15, 0.2) is 6.23 Å². The molecule has 0 aliphatic rings. The van der Waals surface area contributed by atoms with Crippen LogP contribution in [0.1, 0.15) is 13.3 Å². The Morgan fingerprint density at radius 2 is 2.33 bits per heavy atom. The topological polar surface area (TPSA) is 40.5 Å². The lowest BCUT2D eigenvalue weighted by atomic mass is 10.4. The molecule has 0 saturated carbocycles. The summed E-state index contributed by atoms with van der Waals surface area (Å²) in [7, 11) is 1.68. The van der Waals surface area contributed by atoms with Crippen molar-refractivity contribution in [1.82, 2.24) is 4.90 Å². The van der Waals surface area contributed by atoms with Crippen LogP contribution in [0.25, 0.3) is 0 Å². The van der Waals surface area contributed by atoms with Crippen LogP contribution in [0.15, 0.2) is 0 Å². The molecule has 0 aromatic rings. The summed E-state index contributed by atoms with van der Waals surface area (Å²) in [6, 6.07) is 0. The fourth-order valence-corrected chi connectivity index (χ4v) is 0.565. The molecule has 0 aromatic heterocycles. The van der Waals surface area contributed by atoms with Gasteiger partial charge in [0.1, 0.15) is 0 Å². The van der Waals surface area contributed by atoms with Crippen LogP contribution in [-0.4, -0.2) is 36.1 Å². The molecule has 0 aromatic carbocycles. The lowest BCUT2D eigenvalue weighted by Crippen LogP contribution is -2.32. The average molecular weight is 130 g/mol. The Hall–Kier alpha value is -0.410. The van der Waals surface area contributed by atoms with Crippen molar-refractivity contribution in [3.63, 3.8) is 0 Å². The first-order valence-corrected chi connectivity index (χ1v) is 2.98. The van der Waals surface area contributed by atoms with Gasteiger partial charge in [0.2, 0.25) is 6.29 Å². The van der Waals surface area contributed by atoms with Crippen LogP contribution in [0.2, 0.25) is 0 Å². The fourth-order valence-electron chi connectivity index (χ4n) is 0.565. The van der Waals surface area contributed by atoms with E-state index in [0.717, 1.165) is 13.0 Å². The lowest BCUT2D eigenvalue weighted by Gasteiger charge is -2.16. The molecule has 0 aliphatic heterocycles. The van der Waals surface area contributed by atoms with Crippen molar-refractivity contribution < 1.29 is 9.90 Å². The summed E-state index contributed by atoms with van der Waals surface area (Å²) < 4.78 is 0. The Labute approximate surface area is 55.3 Å². The van der Waals surface area contributed by atoms with Crippen molar-refractivity contribution in [1.29, 1.82) is 0 Å². The molecule has 0 saturated heterocycles. The summed E-state index contributed by atoms with van der Waals surface area (Å²) in [6.07, 6.45) is 1.36. The number of aliphatic hydroxyl groups excluding tert-OH is 1. The highest BCUT2D eigenvalue weighted by molar-refractivity contribution is 5.55. The second-order valence-electron chi connectivity index (χ2n) is 1.97. The second kappa shape index (κ2) is 4.47. The zero-order chi connectivity index (χ0) is 7.28. The summed E-state index contributed by atoms with van der Waals surface area (Å²) in [5.41, 5.74) is 0. The normalized spacial score (nSPS) is 13.8. The molecule has 0 heterocycles. The molecule has 0 bridgehead atoms. The van der Waals surface area contributed by atoms with Crippen LogP contribution in [0, 0.1) is 0 Å². The molecular formula is C6H12NO2. The Bertz CT molecular complexity index is 85.1. The number of likely N-dealkylation sites (N-methyl/N-ethyl adjacent to an activating group) is 1. The van der Waals surface area contributed by atoms with Crippen molar-refractivity contribution in [2.75, 3.05) is 13.6 Å². The van der Waals surface area contributed by atoms with Crippen molar-refractivity contribution in [3.05, 3.63) is 0 Å². The zero-order valence-electron chi connectivity index (χ0n) is 5.79. The first kappa shape index (κ1) is 8.59. The molecule has 9 heavy (non-hydrogen) atoms. The highest BCUT2D eigenvalue weighted by atomic mass is 16.3. The van der Waals surface area contributed by atoms with Gasteiger partial charge in [-0.25, -0.2) is 0 Å². The minimum Gasteiger partial charge on any atom is -0.371 e. The van der Waals surface area contributed by atoms with Gasteiger partial charge in [0.05, 0.1) is 0 Å². The van der Waals surface area contributed by atoms with Crippen molar-refractivity contribution >= 4 is 6.29 Å². The van der Waals surface area contributed by atoms with Gasteiger partial charge in [0, 0.05) is 6.54 Å². The predicted molar refractivity (Wildman–Crippen MR) is 34.6 cm³/mol. The molecular weight excluding hydrogens is 118 g/mol. The van der Waals surface area contributed by atoms with E-state index >= 15 is 0 Å². The van der Waals surface area contributed by atoms with Crippen LogP contribution in [0.5, 0.6) is 0 Å². The van der Waals surface area contributed by atoms with Gasteiger partial charge in [0.25, 0.3) is 0 Å². The predicted octanol–water partition coefficient (Wildman–Crippen LogP) is -0.244. The average Bonchev–Trinajstić information content (AvgIpc) is 1.87. The maximum Gasteiger partial charge on any atom is 0.246 e. The van der Waals surface area contributed by atoms with Gasteiger partial charge in [-0.05, 0) is 13.5 Å². The van der Waals surface area contributed by atoms with Crippen LogP contribution < -0.4 is 0 Å². The second-order valence-corrected chi connectivity index (χ2v) is 1.97. The quantitative estimate of drug-likeness (QED) is 0.534. The summed E-state index contributed by atoms with van der Waals surface area (Å²) in [5.74, 6) is 0. The monoisotopic (exact) mass is 130 g/mol. The van der Waals surface area contributed by atoms with Gasteiger partial charge in [-0.3, -0.25) is 9.69 Å². The highest BCUT2D eigenvalue weighted by Gasteiger charge is 2.07. The molecule has 1 unspecified atom stereocenters. The number of aliphatic hydroxyl groups is 1. The van der Waals surface area contributed by atoms with Crippen LogP contribution in [0.4, 0.5) is 0 Å². The SMILES string of the molecule is CCCN(C)C(O)[C]=O. The van der Waals surface area contributed by atoms with E-state index in [4.69, 9.17) is 5.11 Å². The lowest BCUT2D eigenvalue weighted by molar-refractivity contribution is 0.0768.